The first-order chi connectivity index (χ1) is 11.7. The highest BCUT2D eigenvalue weighted by molar-refractivity contribution is 5.84. The van der Waals surface area contributed by atoms with E-state index in [-0.39, 0.29) is 0 Å². The fourth-order valence-electron chi connectivity index (χ4n) is 3.13. The van der Waals surface area contributed by atoms with Crippen LogP contribution in [-0.2, 0) is 15.3 Å². The molecule has 0 aliphatic carbocycles. The Labute approximate surface area is 140 Å². The van der Waals surface area contributed by atoms with Gasteiger partial charge >= 0.3 is 0 Å². The second-order valence-electron chi connectivity index (χ2n) is 6.15. The number of rotatable bonds is 3. The van der Waals surface area contributed by atoms with Crippen molar-refractivity contribution in [1.29, 1.82) is 0 Å². The molecule has 2 heterocycles. The first kappa shape index (κ1) is 15.3. The minimum Gasteiger partial charge on any atom is -0.384 e. The molecule has 1 aliphatic rings. The summed E-state index contributed by atoms with van der Waals surface area (Å²) in [5, 5.41) is 12.7. The molecule has 1 atom stereocenters. The third-order valence-electron chi connectivity index (χ3n) is 4.54. The molecule has 1 fully saturated rings. The van der Waals surface area contributed by atoms with Gasteiger partial charge in [0.25, 0.3) is 0 Å². The monoisotopic (exact) mass is 321 g/mol. The molecule has 0 radical (unpaired) electrons. The van der Waals surface area contributed by atoms with E-state index in [1.807, 2.05) is 49.4 Å². The predicted octanol–water partition coefficient (Wildman–Crippen LogP) is 3.54. The molecule has 0 spiro atoms. The highest BCUT2D eigenvalue weighted by Crippen LogP contribution is 2.33. The van der Waals surface area contributed by atoms with Gasteiger partial charge in [0.1, 0.15) is 6.10 Å². The fraction of sp³-hybridized carbons (Fsp3) is 0.250. The number of hydrogen-bond donors (Lipinski definition) is 1. The second kappa shape index (κ2) is 5.98. The third-order valence-corrected chi connectivity index (χ3v) is 4.54. The number of aromatic nitrogens is 1. The molecule has 2 aromatic carbocycles. The van der Waals surface area contributed by atoms with Crippen LogP contribution in [0.15, 0.2) is 60.9 Å². The molecule has 0 bridgehead atoms. The summed E-state index contributed by atoms with van der Waals surface area (Å²) in [4.78, 5) is 4.07. The van der Waals surface area contributed by atoms with Crippen molar-refractivity contribution in [3.8, 4) is 0 Å². The largest absolute Gasteiger partial charge is 0.384 e. The number of ether oxygens (including phenoxy) is 2. The summed E-state index contributed by atoms with van der Waals surface area (Å²) in [7, 11) is 0. The van der Waals surface area contributed by atoms with Gasteiger partial charge in [0.15, 0.2) is 5.79 Å². The maximum Gasteiger partial charge on any atom is 0.192 e. The molecule has 122 valence electrons. The van der Waals surface area contributed by atoms with E-state index in [1.165, 1.54) is 0 Å². The molecule has 1 unspecified atom stereocenters. The average molecular weight is 321 g/mol. The van der Waals surface area contributed by atoms with E-state index in [4.69, 9.17) is 9.47 Å². The minimum absolute atomic E-state index is 0.616. The zero-order chi connectivity index (χ0) is 16.6. The van der Waals surface area contributed by atoms with E-state index >= 15 is 0 Å². The molecular formula is C20H19NO3. The van der Waals surface area contributed by atoms with Gasteiger partial charge in [-0.15, -0.1) is 0 Å². The smallest absolute Gasteiger partial charge is 0.192 e. The number of aliphatic hydroxyl groups excluding tert-OH is 1. The maximum absolute atomic E-state index is 10.5. The number of nitrogens with zero attached hydrogens (tertiary/aromatic N) is 1. The highest BCUT2D eigenvalue weighted by atomic mass is 16.7. The van der Waals surface area contributed by atoms with Gasteiger partial charge < -0.3 is 14.6 Å². The number of fused-ring (bicyclic) bond motifs is 1. The molecule has 4 rings (SSSR count). The summed E-state index contributed by atoms with van der Waals surface area (Å²) in [5.74, 6) is -0.665. The number of benzene rings is 2. The van der Waals surface area contributed by atoms with Crippen molar-refractivity contribution >= 4 is 10.8 Å². The first-order valence-electron chi connectivity index (χ1n) is 8.06. The molecule has 0 amide bonds. The molecule has 24 heavy (non-hydrogen) atoms. The van der Waals surface area contributed by atoms with Crippen molar-refractivity contribution in [3.05, 3.63) is 77.6 Å². The lowest BCUT2D eigenvalue weighted by atomic mass is 9.97. The van der Waals surface area contributed by atoms with E-state index in [2.05, 4.69) is 11.1 Å². The number of hydrogen-bond acceptors (Lipinski definition) is 4. The zero-order valence-electron chi connectivity index (χ0n) is 13.5. The molecule has 0 saturated carbocycles. The molecule has 1 N–H and O–H groups in total. The van der Waals surface area contributed by atoms with Crippen molar-refractivity contribution in [2.45, 2.75) is 18.8 Å². The third kappa shape index (κ3) is 2.69. The Balaban J connectivity index is 1.69. The minimum atomic E-state index is -0.679. The van der Waals surface area contributed by atoms with Crippen molar-refractivity contribution in [3.63, 3.8) is 0 Å². The van der Waals surface area contributed by atoms with Crippen molar-refractivity contribution < 1.29 is 14.6 Å². The quantitative estimate of drug-likeness (QED) is 0.802. The van der Waals surface area contributed by atoms with Crippen molar-refractivity contribution in [1.82, 2.24) is 4.98 Å². The highest BCUT2D eigenvalue weighted by Gasteiger charge is 2.33. The normalized spacial score (nSPS) is 17.9. The summed E-state index contributed by atoms with van der Waals surface area (Å²) in [5.41, 5.74) is 2.64. The Bertz CT molecular complexity index is 857. The Morgan fingerprint density at radius 2 is 1.75 bits per heavy atom. The average Bonchev–Trinajstić information content (AvgIpc) is 3.09. The Kier molecular flexibility index (Phi) is 3.81. The van der Waals surface area contributed by atoms with E-state index in [9.17, 15) is 5.11 Å². The van der Waals surface area contributed by atoms with E-state index < -0.39 is 11.9 Å². The van der Waals surface area contributed by atoms with Gasteiger partial charge in [-0.1, -0.05) is 30.3 Å². The fourth-order valence-corrected chi connectivity index (χ4v) is 3.13. The topological polar surface area (TPSA) is 51.6 Å². The van der Waals surface area contributed by atoms with E-state index in [0.29, 0.717) is 13.2 Å². The van der Waals surface area contributed by atoms with Crippen LogP contribution in [-0.4, -0.2) is 23.3 Å². The SMILES string of the molecule is CC1(c2ccc3cc(C(O)c4cccnc4)ccc3c2)OCCO1. The lowest BCUT2D eigenvalue weighted by Gasteiger charge is -2.23. The van der Waals surface area contributed by atoms with Crippen LogP contribution in [0.3, 0.4) is 0 Å². The van der Waals surface area contributed by atoms with E-state index in [1.54, 1.807) is 12.4 Å². The molecule has 1 aromatic heterocycles. The molecule has 4 heteroatoms. The van der Waals surface area contributed by atoms with Crippen LogP contribution < -0.4 is 0 Å². The van der Waals surface area contributed by atoms with E-state index in [0.717, 1.165) is 27.5 Å². The Morgan fingerprint density at radius 3 is 2.50 bits per heavy atom. The van der Waals surface area contributed by atoms with Crippen molar-refractivity contribution in [2.24, 2.45) is 0 Å². The molecule has 1 saturated heterocycles. The standard InChI is InChI=1S/C20H19NO3/c1-20(23-9-10-24-20)18-7-6-14-11-16(5-4-15(14)12-18)19(22)17-3-2-8-21-13-17/h2-8,11-13,19,22H,9-10H2,1H3. The summed E-state index contributed by atoms with van der Waals surface area (Å²) >= 11 is 0. The summed E-state index contributed by atoms with van der Waals surface area (Å²) in [6.07, 6.45) is 2.71. The first-order valence-corrected chi connectivity index (χ1v) is 8.06. The van der Waals surface area contributed by atoms with Gasteiger partial charge in [-0.2, -0.15) is 0 Å². The van der Waals surface area contributed by atoms with Gasteiger partial charge in [0, 0.05) is 23.5 Å². The van der Waals surface area contributed by atoms with Crippen LogP contribution in [0.25, 0.3) is 10.8 Å². The second-order valence-corrected chi connectivity index (χ2v) is 6.15. The number of pyridine rings is 1. The van der Waals surface area contributed by atoms with Crippen LogP contribution in [0.4, 0.5) is 0 Å². The molecule has 3 aromatic rings. The maximum atomic E-state index is 10.5. The molecule has 4 nitrogen and oxygen atoms in total. The van der Waals surface area contributed by atoms with Crippen molar-refractivity contribution in [2.75, 3.05) is 13.2 Å². The van der Waals surface area contributed by atoms with Crippen LogP contribution in [0.1, 0.15) is 29.7 Å². The lowest BCUT2D eigenvalue weighted by molar-refractivity contribution is -0.149. The van der Waals surface area contributed by atoms with Crippen LogP contribution in [0, 0.1) is 0 Å². The van der Waals surface area contributed by atoms with Crippen LogP contribution in [0.5, 0.6) is 0 Å². The van der Waals surface area contributed by atoms with Crippen LogP contribution >= 0.6 is 0 Å². The van der Waals surface area contributed by atoms with Gasteiger partial charge in [-0.25, -0.2) is 0 Å². The number of aliphatic hydroxyl groups is 1. The lowest BCUT2D eigenvalue weighted by Crippen LogP contribution is -2.22. The Hall–Kier alpha value is -2.27. The zero-order valence-corrected chi connectivity index (χ0v) is 13.5. The van der Waals surface area contributed by atoms with Gasteiger partial charge in [0.2, 0.25) is 0 Å². The summed E-state index contributed by atoms with van der Waals surface area (Å²) in [6.45, 7) is 3.18. The molecule has 1 aliphatic heterocycles. The predicted molar refractivity (Wildman–Crippen MR) is 91.5 cm³/mol. The Morgan fingerprint density at radius 1 is 1.00 bits per heavy atom. The van der Waals surface area contributed by atoms with Gasteiger partial charge in [-0.3, -0.25) is 4.98 Å². The summed E-state index contributed by atoms with van der Waals surface area (Å²) < 4.78 is 11.5. The van der Waals surface area contributed by atoms with Crippen LogP contribution in [0.2, 0.25) is 0 Å². The van der Waals surface area contributed by atoms with Gasteiger partial charge in [-0.05, 0) is 41.5 Å². The summed E-state index contributed by atoms with van der Waals surface area (Å²) in [6, 6.07) is 15.8. The molecular weight excluding hydrogens is 302 g/mol. The van der Waals surface area contributed by atoms with Gasteiger partial charge in [0.05, 0.1) is 13.2 Å².